The average Bonchev–Trinajstić information content (AvgIpc) is 3.15. The molecule has 1 amide bonds. The van der Waals surface area contributed by atoms with Crippen LogP contribution in [0.2, 0.25) is 0 Å². The fourth-order valence-corrected chi connectivity index (χ4v) is 5.47. The van der Waals surface area contributed by atoms with E-state index in [-0.39, 0.29) is 10.8 Å². The second kappa shape index (κ2) is 3.97. The largest absolute Gasteiger partial charge is 0.355 e. The van der Waals surface area contributed by atoms with Gasteiger partial charge in [0.25, 0.3) is 0 Å². The van der Waals surface area contributed by atoms with Gasteiger partial charge in [-0.2, -0.15) is 0 Å². The summed E-state index contributed by atoms with van der Waals surface area (Å²) in [5.74, 6) is 2.91. The summed E-state index contributed by atoms with van der Waals surface area (Å²) >= 11 is 0. The first-order valence-electron chi connectivity index (χ1n) is 8.12. The van der Waals surface area contributed by atoms with Gasteiger partial charge in [-0.25, -0.2) is 0 Å². The Labute approximate surface area is 115 Å². The van der Waals surface area contributed by atoms with E-state index in [1.807, 2.05) is 0 Å². The molecule has 0 atom stereocenters. The molecule has 0 aliphatic heterocycles. The predicted molar refractivity (Wildman–Crippen MR) is 74.3 cm³/mol. The van der Waals surface area contributed by atoms with E-state index in [0.717, 1.165) is 30.8 Å². The highest BCUT2D eigenvalue weighted by Crippen LogP contribution is 2.60. The monoisotopic (exact) mass is 262 g/mol. The maximum Gasteiger partial charge on any atom is 0.226 e. The highest BCUT2D eigenvalue weighted by atomic mass is 16.2. The highest BCUT2D eigenvalue weighted by molar-refractivity contribution is 5.83. The van der Waals surface area contributed by atoms with Gasteiger partial charge in [-0.3, -0.25) is 4.79 Å². The normalized spacial score (nSPS) is 45.2. The van der Waals surface area contributed by atoms with E-state index in [2.05, 4.69) is 5.32 Å². The van der Waals surface area contributed by atoms with Crippen molar-refractivity contribution in [3.05, 3.63) is 0 Å². The molecule has 0 radical (unpaired) electrons. The minimum atomic E-state index is 0.0133. The van der Waals surface area contributed by atoms with Crippen molar-refractivity contribution in [2.75, 3.05) is 13.1 Å². The van der Waals surface area contributed by atoms with Crippen LogP contribution >= 0.6 is 0 Å². The van der Waals surface area contributed by atoms with E-state index >= 15 is 0 Å². The molecule has 3 nitrogen and oxygen atoms in total. The molecule has 3 N–H and O–H groups in total. The molecule has 5 aliphatic rings. The summed E-state index contributed by atoms with van der Waals surface area (Å²) in [6.07, 6.45) is 10.1. The van der Waals surface area contributed by atoms with Gasteiger partial charge in [0.2, 0.25) is 5.91 Å². The van der Waals surface area contributed by atoms with Crippen LogP contribution < -0.4 is 11.1 Å². The maximum absolute atomic E-state index is 12.7. The molecule has 0 aromatic carbocycles. The van der Waals surface area contributed by atoms with Crippen LogP contribution in [0.3, 0.4) is 0 Å². The van der Waals surface area contributed by atoms with Gasteiger partial charge in [0.15, 0.2) is 0 Å². The minimum Gasteiger partial charge on any atom is -0.355 e. The third-order valence-electron chi connectivity index (χ3n) is 6.53. The van der Waals surface area contributed by atoms with Gasteiger partial charge in [0, 0.05) is 12.0 Å². The summed E-state index contributed by atoms with van der Waals surface area (Å²) in [7, 11) is 0. The van der Waals surface area contributed by atoms with Crippen LogP contribution in [0.1, 0.15) is 51.4 Å². The Morgan fingerprint density at radius 3 is 2.00 bits per heavy atom. The summed E-state index contributed by atoms with van der Waals surface area (Å²) in [5, 5.41) is 3.27. The Morgan fingerprint density at radius 1 is 1.05 bits per heavy atom. The van der Waals surface area contributed by atoms with E-state index in [9.17, 15) is 4.79 Å². The molecule has 3 heteroatoms. The molecular formula is C16H26N2O. The summed E-state index contributed by atoms with van der Waals surface area (Å²) < 4.78 is 0. The summed E-state index contributed by atoms with van der Waals surface area (Å²) in [6, 6.07) is 0. The molecule has 5 saturated carbocycles. The topological polar surface area (TPSA) is 55.1 Å². The molecule has 0 aromatic rings. The molecule has 19 heavy (non-hydrogen) atoms. The quantitative estimate of drug-likeness (QED) is 0.815. The van der Waals surface area contributed by atoms with E-state index in [1.165, 1.54) is 51.4 Å². The van der Waals surface area contributed by atoms with Crippen LogP contribution in [0, 0.1) is 28.6 Å². The van der Waals surface area contributed by atoms with Crippen LogP contribution in [0.5, 0.6) is 0 Å². The molecule has 4 bridgehead atoms. The van der Waals surface area contributed by atoms with Crippen molar-refractivity contribution >= 4 is 5.91 Å². The van der Waals surface area contributed by atoms with E-state index < -0.39 is 0 Å². The van der Waals surface area contributed by atoms with E-state index in [0.29, 0.717) is 5.91 Å². The van der Waals surface area contributed by atoms with Gasteiger partial charge in [0.1, 0.15) is 0 Å². The number of nitrogens with two attached hydrogens (primary N) is 1. The Morgan fingerprint density at radius 2 is 1.58 bits per heavy atom. The first kappa shape index (κ1) is 12.2. The zero-order valence-electron chi connectivity index (χ0n) is 11.8. The zero-order valence-corrected chi connectivity index (χ0v) is 11.8. The Balaban J connectivity index is 1.44. The molecule has 5 rings (SSSR count). The van der Waals surface area contributed by atoms with Gasteiger partial charge in [-0.15, -0.1) is 0 Å². The molecule has 0 aromatic heterocycles. The average molecular weight is 262 g/mol. The van der Waals surface area contributed by atoms with Gasteiger partial charge in [-0.05, 0) is 81.1 Å². The van der Waals surface area contributed by atoms with Crippen molar-refractivity contribution in [3.63, 3.8) is 0 Å². The van der Waals surface area contributed by atoms with Crippen molar-refractivity contribution < 1.29 is 4.79 Å². The van der Waals surface area contributed by atoms with Crippen LogP contribution in [-0.4, -0.2) is 19.0 Å². The number of hydrogen-bond donors (Lipinski definition) is 2. The molecule has 106 valence electrons. The molecule has 0 saturated heterocycles. The van der Waals surface area contributed by atoms with Crippen LogP contribution in [-0.2, 0) is 4.79 Å². The molecule has 5 aliphatic carbocycles. The Hall–Kier alpha value is -0.570. The highest BCUT2D eigenvalue weighted by Gasteiger charge is 2.55. The van der Waals surface area contributed by atoms with Crippen molar-refractivity contribution in [2.24, 2.45) is 34.3 Å². The Bertz CT molecular complexity index is 364. The fraction of sp³-hybridized carbons (Fsp3) is 0.938. The van der Waals surface area contributed by atoms with Crippen LogP contribution in [0.4, 0.5) is 0 Å². The second-order valence-corrected chi connectivity index (χ2v) is 8.08. The lowest BCUT2D eigenvalue weighted by Crippen LogP contribution is -2.54. The Kier molecular flexibility index (Phi) is 2.55. The SMILES string of the molecule is NCC1(CNC(=O)C23CC4CC(CC(C4)C2)C3)CC1. The molecule has 0 unspecified atom stereocenters. The third kappa shape index (κ3) is 1.93. The predicted octanol–water partition coefficient (Wildman–Crippen LogP) is 2.06. The lowest BCUT2D eigenvalue weighted by molar-refractivity contribution is -0.146. The summed E-state index contributed by atoms with van der Waals surface area (Å²) in [5.41, 5.74) is 6.09. The fourth-order valence-electron chi connectivity index (χ4n) is 5.47. The number of carbonyl (C=O) groups excluding carboxylic acids is 1. The smallest absolute Gasteiger partial charge is 0.226 e. The first-order valence-corrected chi connectivity index (χ1v) is 8.12. The summed E-state index contributed by atoms with van der Waals surface area (Å²) in [6.45, 7) is 1.55. The van der Waals surface area contributed by atoms with Gasteiger partial charge in [-0.1, -0.05) is 0 Å². The van der Waals surface area contributed by atoms with Gasteiger partial charge >= 0.3 is 0 Å². The van der Waals surface area contributed by atoms with Gasteiger partial charge in [0.05, 0.1) is 0 Å². The van der Waals surface area contributed by atoms with Crippen LogP contribution in [0.15, 0.2) is 0 Å². The number of carbonyl (C=O) groups is 1. The number of rotatable bonds is 4. The second-order valence-electron chi connectivity index (χ2n) is 8.08. The number of nitrogens with one attached hydrogen (secondary N) is 1. The maximum atomic E-state index is 12.7. The standard InChI is InChI=1S/C16H26N2O/c17-9-15(1-2-15)10-18-14(19)16-6-11-3-12(7-16)5-13(4-11)8-16/h11-13H,1-10,17H2,(H,18,19). The van der Waals surface area contributed by atoms with E-state index in [1.54, 1.807) is 0 Å². The number of hydrogen-bond acceptors (Lipinski definition) is 2. The zero-order chi connectivity index (χ0) is 13.1. The summed E-state index contributed by atoms with van der Waals surface area (Å²) in [4.78, 5) is 12.7. The van der Waals surface area contributed by atoms with E-state index in [4.69, 9.17) is 5.73 Å². The lowest BCUT2D eigenvalue weighted by Gasteiger charge is -2.55. The lowest BCUT2D eigenvalue weighted by atomic mass is 9.49. The molecule has 0 heterocycles. The third-order valence-corrected chi connectivity index (χ3v) is 6.53. The van der Waals surface area contributed by atoms with Crippen molar-refractivity contribution in [2.45, 2.75) is 51.4 Å². The van der Waals surface area contributed by atoms with Crippen molar-refractivity contribution in [1.82, 2.24) is 5.32 Å². The molecule has 0 spiro atoms. The van der Waals surface area contributed by atoms with Crippen LogP contribution in [0.25, 0.3) is 0 Å². The first-order chi connectivity index (χ1) is 9.13. The molecule has 5 fully saturated rings. The molecular weight excluding hydrogens is 236 g/mol. The van der Waals surface area contributed by atoms with Gasteiger partial charge < -0.3 is 11.1 Å². The minimum absolute atomic E-state index is 0.0133. The van der Waals surface area contributed by atoms with Crippen molar-refractivity contribution in [1.29, 1.82) is 0 Å². The van der Waals surface area contributed by atoms with Crippen molar-refractivity contribution in [3.8, 4) is 0 Å². The number of amides is 1.